The van der Waals surface area contributed by atoms with Gasteiger partial charge in [0.15, 0.2) is 17.2 Å². The number of aliphatic imine (C=N–C) groups is 1. The standard InChI is InChI=1S/C23H27FN6O2/c1-6-15(13-26-3)18-14-27-17-7-8-21(29-23(17)28-18)30(10-9-25-2)19-11-16(31-4)12-20(32-5)22(19)24/h6-8,11-14,25H,9-10H2,1-5H3/b15-6+,26-13?. The number of fused-ring (bicyclic) bond motifs is 1. The molecular weight excluding hydrogens is 411 g/mol. The molecule has 1 aromatic carbocycles. The highest BCUT2D eigenvalue weighted by molar-refractivity contribution is 6.09. The average molecular weight is 439 g/mol. The van der Waals surface area contributed by atoms with Crippen LogP contribution in [-0.2, 0) is 0 Å². The fourth-order valence-corrected chi connectivity index (χ4v) is 3.21. The summed E-state index contributed by atoms with van der Waals surface area (Å²) in [5.41, 5.74) is 2.88. The minimum absolute atomic E-state index is 0.0910. The number of benzene rings is 1. The number of aromatic nitrogens is 3. The summed E-state index contributed by atoms with van der Waals surface area (Å²) in [6, 6.07) is 6.74. The number of anilines is 2. The number of ether oxygens (including phenoxy) is 2. The van der Waals surface area contributed by atoms with Crippen LogP contribution in [0.25, 0.3) is 16.7 Å². The first-order valence-corrected chi connectivity index (χ1v) is 10.1. The number of likely N-dealkylation sites (N-methyl/N-ethyl adjacent to an activating group) is 1. The molecule has 0 atom stereocenters. The molecular formula is C23H27FN6O2. The smallest absolute Gasteiger partial charge is 0.188 e. The van der Waals surface area contributed by atoms with Crippen molar-refractivity contribution in [1.82, 2.24) is 20.3 Å². The summed E-state index contributed by atoms with van der Waals surface area (Å²) < 4.78 is 25.8. The van der Waals surface area contributed by atoms with E-state index in [4.69, 9.17) is 14.5 Å². The fourth-order valence-electron chi connectivity index (χ4n) is 3.21. The van der Waals surface area contributed by atoms with Crippen LogP contribution in [0.3, 0.4) is 0 Å². The molecule has 0 unspecified atom stereocenters. The molecule has 2 heterocycles. The van der Waals surface area contributed by atoms with E-state index in [2.05, 4.69) is 20.3 Å². The Kier molecular flexibility index (Phi) is 7.67. The first-order chi connectivity index (χ1) is 15.6. The maximum atomic E-state index is 15.2. The van der Waals surface area contributed by atoms with Crippen molar-refractivity contribution in [2.75, 3.05) is 46.3 Å². The number of allylic oxidation sites excluding steroid dienone is 2. The summed E-state index contributed by atoms with van der Waals surface area (Å²) in [5.74, 6) is 0.599. The van der Waals surface area contributed by atoms with E-state index in [0.29, 0.717) is 47.2 Å². The van der Waals surface area contributed by atoms with Crippen molar-refractivity contribution in [3.8, 4) is 11.5 Å². The van der Waals surface area contributed by atoms with Gasteiger partial charge in [-0.2, -0.15) is 0 Å². The van der Waals surface area contributed by atoms with Gasteiger partial charge in [0, 0.05) is 44.1 Å². The molecule has 9 heteroatoms. The molecule has 32 heavy (non-hydrogen) atoms. The van der Waals surface area contributed by atoms with Crippen LogP contribution >= 0.6 is 0 Å². The SMILES string of the molecule is C/C=C(\C=NC)c1cnc2ccc(N(CCNC)c3cc(OC)cc(OC)c3F)nc2n1. The fraction of sp³-hybridized carbons (Fsp3) is 0.304. The third-order valence-corrected chi connectivity index (χ3v) is 4.87. The topological polar surface area (TPSA) is 84.8 Å². The molecule has 1 N–H and O–H groups in total. The third kappa shape index (κ3) is 4.83. The first-order valence-electron chi connectivity index (χ1n) is 10.1. The minimum Gasteiger partial charge on any atom is -0.497 e. The van der Waals surface area contributed by atoms with Crippen molar-refractivity contribution in [3.05, 3.63) is 48.0 Å². The van der Waals surface area contributed by atoms with Gasteiger partial charge < -0.3 is 19.7 Å². The summed E-state index contributed by atoms with van der Waals surface area (Å²) in [5, 5.41) is 3.09. The lowest BCUT2D eigenvalue weighted by molar-refractivity contribution is 0.374. The van der Waals surface area contributed by atoms with Crippen molar-refractivity contribution in [2.45, 2.75) is 6.92 Å². The van der Waals surface area contributed by atoms with Gasteiger partial charge >= 0.3 is 0 Å². The lowest BCUT2D eigenvalue weighted by atomic mass is 10.2. The van der Waals surface area contributed by atoms with Crippen molar-refractivity contribution in [1.29, 1.82) is 0 Å². The van der Waals surface area contributed by atoms with Crippen molar-refractivity contribution in [3.63, 3.8) is 0 Å². The second kappa shape index (κ2) is 10.6. The maximum absolute atomic E-state index is 15.2. The highest BCUT2D eigenvalue weighted by atomic mass is 19.1. The Morgan fingerprint density at radius 1 is 1.22 bits per heavy atom. The van der Waals surface area contributed by atoms with Crippen LogP contribution in [0, 0.1) is 5.82 Å². The van der Waals surface area contributed by atoms with Gasteiger partial charge in [0.25, 0.3) is 0 Å². The summed E-state index contributed by atoms with van der Waals surface area (Å²) in [7, 11) is 6.48. The van der Waals surface area contributed by atoms with Crippen LogP contribution < -0.4 is 19.7 Å². The Balaban J connectivity index is 2.15. The van der Waals surface area contributed by atoms with Crippen molar-refractivity contribution in [2.24, 2.45) is 4.99 Å². The van der Waals surface area contributed by atoms with Crippen molar-refractivity contribution >= 4 is 34.5 Å². The van der Waals surface area contributed by atoms with Crippen LogP contribution in [0.1, 0.15) is 12.6 Å². The lowest BCUT2D eigenvalue weighted by Gasteiger charge is -2.25. The largest absolute Gasteiger partial charge is 0.497 e. The highest BCUT2D eigenvalue weighted by Gasteiger charge is 2.21. The van der Waals surface area contributed by atoms with Crippen LogP contribution in [0.5, 0.6) is 11.5 Å². The van der Waals surface area contributed by atoms with Crippen molar-refractivity contribution < 1.29 is 13.9 Å². The molecule has 0 saturated heterocycles. The molecule has 2 aromatic heterocycles. The van der Waals surface area contributed by atoms with E-state index < -0.39 is 5.82 Å². The molecule has 3 rings (SSSR count). The molecule has 8 nitrogen and oxygen atoms in total. The zero-order chi connectivity index (χ0) is 23.1. The van der Waals surface area contributed by atoms with E-state index in [1.807, 2.05) is 26.1 Å². The Labute approximate surface area is 186 Å². The molecule has 0 aliphatic rings. The Bertz CT molecular complexity index is 1150. The van der Waals surface area contributed by atoms with Crippen LogP contribution in [0.2, 0.25) is 0 Å². The van der Waals surface area contributed by atoms with Gasteiger partial charge in [-0.1, -0.05) is 6.08 Å². The van der Waals surface area contributed by atoms with Gasteiger partial charge in [-0.05, 0) is 26.1 Å². The van der Waals surface area contributed by atoms with Crippen LogP contribution in [-0.4, -0.2) is 62.6 Å². The molecule has 0 amide bonds. The molecule has 0 bridgehead atoms. The van der Waals surface area contributed by atoms with E-state index in [9.17, 15) is 0 Å². The van der Waals surface area contributed by atoms with Gasteiger partial charge in [-0.25, -0.2) is 14.4 Å². The summed E-state index contributed by atoms with van der Waals surface area (Å²) in [6.07, 6.45) is 5.31. The number of hydrogen-bond donors (Lipinski definition) is 1. The normalized spacial score (nSPS) is 11.9. The number of hydrogen-bond acceptors (Lipinski definition) is 8. The molecule has 0 aliphatic carbocycles. The second-order valence-corrected chi connectivity index (χ2v) is 6.82. The summed E-state index contributed by atoms with van der Waals surface area (Å²) in [4.78, 5) is 19.6. The van der Waals surface area contributed by atoms with Crippen LogP contribution in [0.4, 0.5) is 15.9 Å². The van der Waals surface area contributed by atoms with E-state index in [1.54, 1.807) is 36.5 Å². The Hall–Kier alpha value is -3.59. The Morgan fingerprint density at radius 3 is 2.69 bits per heavy atom. The molecule has 0 saturated carbocycles. The number of rotatable bonds is 9. The Morgan fingerprint density at radius 2 is 2.03 bits per heavy atom. The van der Waals surface area contributed by atoms with E-state index in [0.717, 1.165) is 5.57 Å². The highest BCUT2D eigenvalue weighted by Crippen LogP contribution is 2.36. The van der Waals surface area contributed by atoms with Gasteiger partial charge in [0.05, 0.1) is 31.8 Å². The zero-order valence-corrected chi connectivity index (χ0v) is 18.9. The number of methoxy groups -OCH3 is 2. The van der Waals surface area contributed by atoms with E-state index in [-0.39, 0.29) is 5.75 Å². The van der Waals surface area contributed by atoms with Crippen LogP contribution in [0.15, 0.2) is 41.5 Å². The molecule has 3 aromatic rings. The zero-order valence-electron chi connectivity index (χ0n) is 18.9. The summed E-state index contributed by atoms with van der Waals surface area (Å²) >= 11 is 0. The predicted octanol–water partition coefficient (Wildman–Crippen LogP) is 3.64. The molecule has 168 valence electrons. The van der Waals surface area contributed by atoms with E-state index in [1.165, 1.54) is 20.3 Å². The number of pyridine rings is 1. The van der Waals surface area contributed by atoms with Gasteiger partial charge in [-0.15, -0.1) is 0 Å². The van der Waals surface area contributed by atoms with Gasteiger partial charge in [0.2, 0.25) is 0 Å². The second-order valence-electron chi connectivity index (χ2n) is 6.82. The number of halogens is 1. The molecule has 0 spiro atoms. The van der Waals surface area contributed by atoms with Gasteiger partial charge in [0.1, 0.15) is 17.1 Å². The van der Waals surface area contributed by atoms with E-state index >= 15 is 4.39 Å². The molecule has 0 fully saturated rings. The first kappa shape index (κ1) is 23.1. The monoisotopic (exact) mass is 438 g/mol. The van der Waals surface area contributed by atoms with Gasteiger partial charge in [-0.3, -0.25) is 9.98 Å². The minimum atomic E-state index is -0.499. The quantitative estimate of drug-likeness (QED) is 0.511. The number of nitrogens with one attached hydrogen (secondary N) is 1. The predicted molar refractivity (Wildman–Crippen MR) is 126 cm³/mol. The third-order valence-electron chi connectivity index (χ3n) is 4.87. The average Bonchev–Trinajstić information content (AvgIpc) is 2.83. The maximum Gasteiger partial charge on any atom is 0.188 e. The molecule has 0 radical (unpaired) electrons. The summed E-state index contributed by atoms with van der Waals surface area (Å²) in [6.45, 7) is 2.96. The number of nitrogens with zero attached hydrogens (tertiary/aromatic N) is 5. The molecule has 0 aliphatic heterocycles. The lowest BCUT2D eigenvalue weighted by Crippen LogP contribution is -2.28.